The van der Waals surface area contributed by atoms with Crippen LogP contribution in [0, 0.1) is 0 Å². The van der Waals surface area contributed by atoms with Gasteiger partial charge in [-0.15, -0.1) is 0 Å². The zero-order chi connectivity index (χ0) is 18.2. The van der Waals surface area contributed by atoms with E-state index in [1.807, 2.05) is 19.1 Å². The van der Waals surface area contributed by atoms with Crippen molar-refractivity contribution in [1.29, 1.82) is 0 Å². The molecule has 5 heteroatoms. The number of aromatic hydroxyl groups is 1. The first-order chi connectivity index (χ1) is 12.8. The van der Waals surface area contributed by atoms with Crippen molar-refractivity contribution in [3.8, 4) is 11.5 Å². The lowest BCUT2D eigenvalue weighted by molar-refractivity contribution is -0.921. The summed E-state index contributed by atoms with van der Waals surface area (Å²) >= 11 is 0. The average molecular weight is 355 g/mol. The number of para-hydroxylation sites is 1. The van der Waals surface area contributed by atoms with Gasteiger partial charge in [0.25, 0.3) is 0 Å². The SMILES string of the molecule is CCOc1cccc(C=NCc2ccccc2C[NH+]2CCOCC2)c1O. The summed E-state index contributed by atoms with van der Waals surface area (Å²) in [4.78, 5) is 6.10. The van der Waals surface area contributed by atoms with Crippen molar-refractivity contribution in [3.05, 3.63) is 59.2 Å². The van der Waals surface area contributed by atoms with Gasteiger partial charge in [0.05, 0.1) is 26.4 Å². The van der Waals surface area contributed by atoms with Crippen LogP contribution in [0.5, 0.6) is 11.5 Å². The summed E-state index contributed by atoms with van der Waals surface area (Å²) in [5.74, 6) is 0.636. The van der Waals surface area contributed by atoms with Crippen LogP contribution >= 0.6 is 0 Å². The fourth-order valence-electron chi connectivity index (χ4n) is 3.15. The minimum absolute atomic E-state index is 0.143. The molecule has 0 atom stereocenters. The van der Waals surface area contributed by atoms with Crippen molar-refractivity contribution in [1.82, 2.24) is 0 Å². The van der Waals surface area contributed by atoms with Gasteiger partial charge in [-0.3, -0.25) is 4.99 Å². The Hall–Kier alpha value is -2.37. The first-order valence-electron chi connectivity index (χ1n) is 9.20. The number of nitrogens with zero attached hydrogens (tertiary/aromatic N) is 1. The van der Waals surface area contributed by atoms with Gasteiger partial charge in [0.2, 0.25) is 0 Å². The quantitative estimate of drug-likeness (QED) is 0.745. The third-order valence-corrected chi connectivity index (χ3v) is 4.58. The molecule has 0 bridgehead atoms. The van der Waals surface area contributed by atoms with Gasteiger partial charge in [-0.2, -0.15) is 0 Å². The zero-order valence-corrected chi connectivity index (χ0v) is 15.3. The number of ether oxygens (including phenoxy) is 2. The van der Waals surface area contributed by atoms with E-state index in [9.17, 15) is 5.11 Å². The van der Waals surface area contributed by atoms with E-state index in [4.69, 9.17) is 9.47 Å². The molecular formula is C21H27N2O3+. The summed E-state index contributed by atoms with van der Waals surface area (Å²) < 4.78 is 10.9. The van der Waals surface area contributed by atoms with Crippen LogP contribution in [0.1, 0.15) is 23.6 Å². The van der Waals surface area contributed by atoms with E-state index in [2.05, 4.69) is 29.3 Å². The van der Waals surface area contributed by atoms with Gasteiger partial charge in [-0.25, -0.2) is 0 Å². The van der Waals surface area contributed by atoms with Crippen molar-refractivity contribution in [2.75, 3.05) is 32.9 Å². The summed E-state index contributed by atoms with van der Waals surface area (Å²) in [5, 5.41) is 10.3. The van der Waals surface area contributed by atoms with Gasteiger partial charge < -0.3 is 19.5 Å². The molecule has 0 saturated carbocycles. The minimum atomic E-state index is 0.143. The maximum Gasteiger partial charge on any atom is 0.166 e. The second-order valence-corrected chi connectivity index (χ2v) is 6.40. The number of morpholine rings is 1. The fourth-order valence-corrected chi connectivity index (χ4v) is 3.15. The number of hydrogen-bond donors (Lipinski definition) is 2. The Labute approximate surface area is 154 Å². The van der Waals surface area contributed by atoms with Crippen LogP contribution in [0.25, 0.3) is 0 Å². The molecule has 0 unspecified atom stereocenters. The molecule has 138 valence electrons. The van der Waals surface area contributed by atoms with Gasteiger partial charge in [0.15, 0.2) is 11.5 Å². The molecule has 2 aromatic carbocycles. The lowest BCUT2D eigenvalue weighted by Gasteiger charge is -2.24. The highest BCUT2D eigenvalue weighted by molar-refractivity contribution is 5.84. The smallest absolute Gasteiger partial charge is 0.166 e. The summed E-state index contributed by atoms with van der Waals surface area (Å²) in [5.41, 5.74) is 3.23. The third-order valence-electron chi connectivity index (χ3n) is 4.58. The average Bonchev–Trinajstić information content (AvgIpc) is 2.67. The van der Waals surface area contributed by atoms with Gasteiger partial charge in [-0.05, 0) is 24.6 Å². The highest BCUT2D eigenvalue weighted by atomic mass is 16.5. The first-order valence-corrected chi connectivity index (χ1v) is 9.20. The normalized spacial score (nSPS) is 15.4. The summed E-state index contributed by atoms with van der Waals surface area (Å²) in [7, 11) is 0. The lowest BCUT2D eigenvalue weighted by Crippen LogP contribution is -3.12. The number of aliphatic imine (C=N–C) groups is 1. The molecule has 3 rings (SSSR count). The molecule has 0 aliphatic carbocycles. The molecule has 0 aromatic heterocycles. The van der Waals surface area contributed by atoms with Crippen LogP contribution in [-0.2, 0) is 17.8 Å². The molecule has 1 saturated heterocycles. The summed E-state index contributed by atoms with van der Waals surface area (Å²) in [6.45, 7) is 7.79. The van der Waals surface area contributed by atoms with E-state index in [-0.39, 0.29) is 5.75 Å². The summed E-state index contributed by atoms with van der Waals surface area (Å²) in [6.07, 6.45) is 1.72. The molecule has 0 amide bonds. The van der Waals surface area contributed by atoms with Crippen molar-refractivity contribution >= 4 is 6.21 Å². The van der Waals surface area contributed by atoms with Crippen LogP contribution in [0.2, 0.25) is 0 Å². The Bertz CT molecular complexity index is 740. The van der Waals surface area contributed by atoms with Gasteiger partial charge in [0.1, 0.15) is 19.6 Å². The largest absolute Gasteiger partial charge is 0.504 e. The van der Waals surface area contributed by atoms with E-state index >= 15 is 0 Å². The van der Waals surface area contributed by atoms with E-state index in [0.29, 0.717) is 24.5 Å². The number of rotatable bonds is 7. The van der Waals surface area contributed by atoms with Gasteiger partial charge >= 0.3 is 0 Å². The summed E-state index contributed by atoms with van der Waals surface area (Å²) in [6, 6.07) is 13.9. The Kier molecular flexibility index (Phi) is 6.63. The Morgan fingerprint density at radius 2 is 1.88 bits per heavy atom. The number of phenolic OH excluding ortho intramolecular Hbond substituents is 1. The standard InChI is InChI=1S/C21H26N2O3/c1-2-26-20-9-5-8-18(21(20)24)15-22-14-17-6-3-4-7-19(17)16-23-10-12-25-13-11-23/h3-9,15,24H,2,10-14,16H2,1H3/p+1. The van der Waals surface area contributed by atoms with Crippen molar-refractivity contribution in [3.63, 3.8) is 0 Å². The molecule has 0 radical (unpaired) electrons. The van der Waals surface area contributed by atoms with Crippen molar-refractivity contribution in [2.24, 2.45) is 4.99 Å². The maximum atomic E-state index is 10.3. The molecule has 26 heavy (non-hydrogen) atoms. The molecular weight excluding hydrogens is 328 g/mol. The first kappa shape index (κ1) is 18.4. The van der Waals surface area contributed by atoms with Gasteiger partial charge in [-0.1, -0.05) is 30.3 Å². The molecule has 1 fully saturated rings. The van der Waals surface area contributed by atoms with E-state index in [0.717, 1.165) is 32.8 Å². The van der Waals surface area contributed by atoms with E-state index in [1.165, 1.54) is 11.1 Å². The van der Waals surface area contributed by atoms with Crippen molar-refractivity contribution < 1.29 is 19.5 Å². The minimum Gasteiger partial charge on any atom is -0.504 e. The third kappa shape index (κ3) is 4.84. The molecule has 1 heterocycles. The Morgan fingerprint density at radius 1 is 1.12 bits per heavy atom. The number of benzene rings is 2. The Morgan fingerprint density at radius 3 is 2.65 bits per heavy atom. The van der Waals surface area contributed by atoms with E-state index < -0.39 is 0 Å². The van der Waals surface area contributed by atoms with Crippen LogP contribution in [0.4, 0.5) is 0 Å². The second kappa shape index (κ2) is 9.36. The second-order valence-electron chi connectivity index (χ2n) is 6.40. The lowest BCUT2D eigenvalue weighted by atomic mass is 10.1. The van der Waals surface area contributed by atoms with E-state index in [1.54, 1.807) is 17.2 Å². The number of quaternary nitrogens is 1. The molecule has 5 nitrogen and oxygen atoms in total. The molecule has 2 aromatic rings. The predicted molar refractivity (Wildman–Crippen MR) is 102 cm³/mol. The van der Waals surface area contributed by atoms with Crippen LogP contribution in [0.3, 0.4) is 0 Å². The maximum absolute atomic E-state index is 10.3. The zero-order valence-electron chi connectivity index (χ0n) is 15.3. The predicted octanol–water partition coefficient (Wildman–Crippen LogP) is 1.83. The number of hydrogen-bond acceptors (Lipinski definition) is 4. The fraction of sp³-hybridized carbons (Fsp3) is 0.381. The topological polar surface area (TPSA) is 55.5 Å². The highest BCUT2D eigenvalue weighted by Crippen LogP contribution is 2.28. The molecule has 1 aliphatic rings. The van der Waals surface area contributed by atoms with Crippen LogP contribution in [0.15, 0.2) is 47.5 Å². The highest BCUT2D eigenvalue weighted by Gasteiger charge is 2.15. The molecule has 2 N–H and O–H groups in total. The van der Waals surface area contributed by atoms with Gasteiger partial charge in [0, 0.05) is 17.3 Å². The van der Waals surface area contributed by atoms with Crippen LogP contribution in [-0.4, -0.2) is 44.2 Å². The Balaban J connectivity index is 1.68. The monoisotopic (exact) mass is 355 g/mol. The number of phenols is 1. The van der Waals surface area contributed by atoms with Crippen LogP contribution < -0.4 is 9.64 Å². The van der Waals surface area contributed by atoms with Crippen molar-refractivity contribution in [2.45, 2.75) is 20.0 Å². The molecule has 0 spiro atoms. The molecule has 1 aliphatic heterocycles. The number of nitrogens with one attached hydrogen (secondary N) is 1.